The smallest absolute Gasteiger partial charge is 0.312 e. The van der Waals surface area contributed by atoms with Gasteiger partial charge in [0.05, 0.1) is 17.7 Å². The summed E-state index contributed by atoms with van der Waals surface area (Å²) in [6, 6.07) is 8.31. The topological polar surface area (TPSA) is 59.9 Å². The normalized spacial score (nSPS) is 22.6. The first kappa shape index (κ1) is 17.0. The number of hydrogen-bond acceptors (Lipinski definition) is 5. The van der Waals surface area contributed by atoms with Gasteiger partial charge in [-0.25, -0.2) is 0 Å². The minimum atomic E-state index is -0.440. The van der Waals surface area contributed by atoms with Gasteiger partial charge in [0.15, 0.2) is 0 Å². The number of nitrogens with zero attached hydrogens (tertiary/aromatic N) is 1. The number of oxime groups is 1. The molecule has 1 atom stereocenters. The van der Waals surface area contributed by atoms with E-state index in [0.29, 0.717) is 13.0 Å². The highest BCUT2D eigenvalue weighted by Crippen LogP contribution is 2.38. The molecular formula is C19H26N2O3. The van der Waals surface area contributed by atoms with Crippen molar-refractivity contribution in [3.05, 3.63) is 35.4 Å². The van der Waals surface area contributed by atoms with Gasteiger partial charge in [0, 0.05) is 12.8 Å². The monoisotopic (exact) mass is 330 g/mol. The predicted octanol–water partition coefficient (Wildman–Crippen LogP) is 2.81. The van der Waals surface area contributed by atoms with E-state index in [1.807, 2.05) is 6.92 Å². The Bertz CT molecular complexity index is 604. The van der Waals surface area contributed by atoms with Gasteiger partial charge in [0.25, 0.3) is 0 Å². The van der Waals surface area contributed by atoms with Crippen molar-refractivity contribution in [1.82, 2.24) is 5.32 Å². The van der Waals surface area contributed by atoms with Crippen molar-refractivity contribution in [1.29, 1.82) is 0 Å². The van der Waals surface area contributed by atoms with E-state index in [9.17, 15) is 4.79 Å². The molecule has 1 unspecified atom stereocenters. The molecule has 0 aromatic heterocycles. The summed E-state index contributed by atoms with van der Waals surface area (Å²) < 4.78 is 5.36. The SMILES string of the molecule is CCOC(=O)C1(CC2CC(c3ccc(C)cc3)=NO2)CCNCC1. The number of carbonyl (C=O) groups excluding carboxylic acids is 1. The fourth-order valence-corrected chi connectivity index (χ4v) is 3.57. The molecular weight excluding hydrogens is 304 g/mol. The second-order valence-corrected chi connectivity index (χ2v) is 6.79. The van der Waals surface area contributed by atoms with Gasteiger partial charge < -0.3 is 14.9 Å². The number of carbonyl (C=O) groups is 1. The van der Waals surface area contributed by atoms with Crippen molar-refractivity contribution in [3.8, 4) is 0 Å². The summed E-state index contributed by atoms with van der Waals surface area (Å²) in [5, 5.41) is 7.59. The molecule has 1 aromatic carbocycles. The Kier molecular flexibility index (Phi) is 5.19. The van der Waals surface area contributed by atoms with E-state index in [2.05, 4.69) is 41.7 Å². The molecule has 2 aliphatic heterocycles. The average molecular weight is 330 g/mol. The summed E-state index contributed by atoms with van der Waals surface area (Å²) in [5.74, 6) is -0.0844. The maximum absolute atomic E-state index is 12.6. The van der Waals surface area contributed by atoms with Crippen LogP contribution in [0.3, 0.4) is 0 Å². The maximum atomic E-state index is 12.6. The first-order chi connectivity index (χ1) is 11.6. The predicted molar refractivity (Wildman–Crippen MR) is 93.0 cm³/mol. The van der Waals surface area contributed by atoms with Gasteiger partial charge >= 0.3 is 5.97 Å². The molecule has 3 rings (SSSR count). The van der Waals surface area contributed by atoms with Crippen molar-refractivity contribution < 1.29 is 14.4 Å². The fraction of sp³-hybridized carbons (Fsp3) is 0.579. The first-order valence-electron chi connectivity index (χ1n) is 8.81. The summed E-state index contributed by atoms with van der Waals surface area (Å²) in [5.41, 5.74) is 2.85. The molecule has 5 heteroatoms. The molecule has 0 aliphatic carbocycles. The van der Waals surface area contributed by atoms with Crippen LogP contribution in [0, 0.1) is 12.3 Å². The zero-order chi connectivity index (χ0) is 17.0. The lowest BCUT2D eigenvalue weighted by atomic mass is 9.74. The summed E-state index contributed by atoms with van der Waals surface area (Å²) in [6.07, 6.45) is 2.96. The largest absolute Gasteiger partial charge is 0.466 e. The Labute approximate surface area is 143 Å². The van der Waals surface area contributed by atoms with E-state index in [4.69, 9.17) is 9.57 Å². The number of hydrogen-bond donors (Lipinski definition) is 1. The standard InChI is InChI=1S/C19H26N2O3/c1-3-23-18(22)19(8-10-20-11-9-19)13-16-12-17(21-24-16)15-6-4-14(2)5-7-15/h4-7,16,20H,3,8-13H2,1-2H3. The highest BCUT2D eigenvalue weighted by molar-refractivity contribution is 6.01. The number of esters is 1. The van der Waals surface area contributed by atoms with Gasteiger partial charge in [0.1, 0.15) is 6.10 Å². The third kappa shape index (κ3) is 3.61. The molecule has 1 N–H and O–H groups in total. The van der Waals surface area contributed by atoms with Crippen LogP contribution in [0.15, 0.2) is 29.4 Å². The maximum Gasteiger partial charge on any atom is 0.312 e. The molecule has 24 heavy (non-hydrogen) atoms. The molecule has 130 valence electrons. The van der Waals surface area contributed by atoms with Gasteiger partial charge in [-0.15, -0.1) is 0 Å². The summed E-state index contributed by atoms with van der Waals surface area (Å²) in [6.45, 7) is 6.04. The Morgan fingerprint density at radius 1 is 1.33 bits per heavy atom. The number of piperidine rings is 1. The number of aryl methyl sites for hydroxylation is 1. The molecule has 0 bridgehead atoms. The lowest BCUT2D eigenvalue weighted by molar-refractivity contribution is -0.160. The van der Waals surface area contributed by atoms with Crippen LogP contribution >= 0.6 is 0 Å². The minimum absolute atomic E-state index is 0.0520. The van der Waals surface area contributed by atoms with Crippen LogP contribution < -0.4 is 5.32 Å². The van der Waals surface area contributed by atoms with Crippen LogP contribution in [0.4, 0.5) is 0 Å². The highest BCUT2D eigenvalue weighted by atomic mass is 16.6. The van der Waals surface area contributed by atoms with Crippen LogP contribution in [-0.4, -0.2) is 37.5 Å². The highest BCUT2D eigenvalue weighted by Gasteiger charge is 2.44. The zero-order valence-corrected chi connectivity index (χ0v) is 14.5. The molecule has 0 amide bonds. The molecule has 2 heterocycles. The Morgan fingerprint density at radius 2 is 2.04 bits per heavy atom. The number of ether oxygens (including phenoxy) is 1. The van der Waals surface area contributed by atoms with Crippen molar-refractivity contribution >= 4 is 11.7 Å². The van der Waals surface area contributed by atoms with Gasteiger partial charge in [-0.2, -0.15) is 0 Å². The van der Waals surface area contributed by atoms with Crippen LogP contribution in [-0.2, 0) is 14.4 Å². The minimum Gasteiger partial charge on any atom is -0.466 e. The van der Waals surface area contributed by atoms with Crippen molar-refractivity contribution in [3.63, 3.8) is 0 Å². The van der Waals surface area contributed by atoms with Crippen molar-refractivity contribution in [2.24, 2.45) is 10.6 Å². The third-order valence-corrected chi connectivity index (χ3v) is 5.01. The van der Waals surface area contributed by atoms with Gasteiger partial charge in [-0.1, -0.05) is 35.0 Å². The van der Waals surface area contributed by atoms with Crippen LogP contribution in [0.25, 0.3) is 0 Å². The van der Waals surface area contributed by atoms with Gasteiger partial charge in [-0.05, 0) is 45.3 Å². The van der Waals surface area contributed by atoms with Crippen LogP contribution in [0.1, 0.15) is 43.7 Å². The lowest BCUT2D eigenvalue weighted by Crippen LogP contribution is -2.45. The summed E-state index contributed by atoms with van der Waals surface area (Å²) in [7, 11) is 0. The van der Waals surface area contributed by atoms with Gasteiger partial charge in [-0.3, -0.25) is 4.79 Å². The third-order valence-electron chi connectivity index (χ3n) is 5.01. The van der Waals surface area contributed by atoms with Crippen molar-refractivity contribution in [2.45, 2.75) is 45.6 Å². The number of benzene rings is 1. The molecule has 1 fully saturated rings. The molecule has 1 aromatic rings. The first-order valence-corrected chi connectivity index (χ1v) is 8.81. The van der Waals surface area contributed by atoms with E-state index < -0.39 is 5.41 Å². The number of nitrogens with one attached hydrogen (secondary N) is 1. The van der Waals surface area contributed by atoms with E-state index in [0.717, 1.165) is 43.6 Å². The molecule has 0 spiro atoms. The van der Waals surface area contributed by atoms with E-state index >= 15 is 0 Å². The molecule has 2 aliphatic rings. The molecule has 5 nitrogen and oxygen atoms in total. The van der Waals surface area contributed by atoms with E-state index in [1.165, 1.54) is 5.56 Å². The van der Waals surface area contributed by atoms with Crippen LogP contribution in [0.5, 0.6) is 0 Å². The molecule has 0 saturated carbocycles. The molecule has 0 radical (unpaired) electrons. The Morgan fingerprint density at radius 3 is 2.71 bits per heavy atom. The number of rotatable bonds is 5. The Hall–Kier alpha value is -1.88. The average Bonchev–Trinajstić information content (AvgIpc) is 3.05. The summed E-state index contributed by atoms with van der Waals surface area (Å²) >= 11 is 0. The zero-order valence-electron chi connectivity index (χ0n) is 14.5. The fourth-order valence-electron chi connectivity index (χ4n) is 3.57. The summed E-state index contributed by atoms with van der Waals surface area (Å²) in [4.78, 5) is 18.2. The van der Waals surface area contributed by atoms with Gasteiger partial charge in [0.2, 0.25) is 0 Å². The van der Waals surface area contributed by atoms with E-state index in [1.54, 1.807) is 0 Å². The second kappa shape index (κ2) is 7.34. The van der Waals surface area contributed by atoms with E-state index in [-0.39, 0.29) is 12.1 Å². The molecule has 1 saturated heterocycles. The van der Waals surface area contributed by atoms with Crippen LogP contribution in [0.2, 0.25) is 0 Å². The van der Waals surface area contributed by atoms with Crippen molar-refractivity contribution in [2.75, 3.05) is 19.7 Å². The second-order valence-electron chi connectivity index (χ2n) is 6.79. The Balaban J connectivity index is 1.66. The lowest BCUT2D eigenvalue weighted by Gasteiger charge is -2.36. The quantitative estimate of drug-likeness (QED) is 0.844.